The van der Waals surface area contributed by atoms with E-state index in [4.69, 9.17) is 10.5 Å². The zero-order valence-electron chi connectivity index (χ0n) is 4.57. The molecule has 0 radical (unpaired) electrons. The second kappa shape index (κ2) is 4.07. The number of thiol groups is 1. The summed E-state index contributed by atoms with van der Waals surface area (Å²) in [5, 5.41) is 16.2. The monoisotopic (exact) mass is 173 g/mol. The fourth-order valence-electron chi connectivity index (χ4n) is 0.220. The highest BCUT2D eigenvalue weighted by Gasteiger charge is 2.00. The molecule has 4 nitrogen and oxygen atoms in total. The van der Waals surface area contributed by atoms with Gasteiger partial charge in [0.2, 0.25) is 0 Å². The highest BCUT2D eigenvalue weighted by atomic mass is 32.2. The maximum atomic E-state index is 10.1. The lowest BCUT2D eigenvalue weighted by Gasteiger charge is -2.00. The van der Waals surface area contributed by atoms with Gasteiger partial charge in [0.05, 0.1) is 0 Å². The molecule has 1 atom stereocenters. The van der Waals surface area contributed by atoms with Gasteiger partial charge in [-0.3, -0.25) is 4.21 Å². The SMILES string of the molecule is N#C/C(S)=C(/C#N)S(=O)[O-]. The molecule has 0 fully saturated rings. The Morgan fingerprint density at radius 3 is 2.10 bits per heavy atom. The molecule has 0 amide bonds. The van der Waals surface area contributed by atoms with Gasteiger partial charge in [-0.25, -0.2) is 0 Å². The van der Waals surface area contributed by atoms with E-state index in [0.29, 0.717) is 0 Å². The predicted molar refractivity (Wildman–Crippen MR) is 36.2 cm³/mol. The molecule has 6 heteroatoms. The van der Waals surface area contributed by atoms with Crippen LogP contribution in [0, 0.1) is 22.7 Å². The van der Waals surface area contributed by atoms with Crippen molar-refractivity contribution in [3.63, 3.8) is 0 Å². The molecule has 0 aliphatic carbocycles. The first kappa shape index (κ1) is 9.18. The highest BCUT2D eigenvalue weighted by Crippen LogP contribution is 2.08. The van der Waals surface area contributed by atoms with Crippen LogP contribution in [0.15, 0.2) is 9.81 Å². The Kier molecular flexibility index (Phi) is 3.74. The second-order valence-corrected chi connectivity index (χ2v) is 2.46. The maximum absolute atomic E-state index is 10.1. The fraction of sp³-hybridized carbons (Fsp3) is 0. The molecule has 0 aliphatic rings. The van der Waals surface area contributed by atoms with Crippen LogP contribution < -0.4 is 0 Å². The molecule has 10 heavy (non-hydrogen) atoms. The van der Waals surface area contributed by atoms with E-state index in [-0.39, 0.29) is 0 Å². The van der Waals surface area contributed by atoms with Crippen LogP contribution in [0.25, 0.3) is 0 Å². The Morgan fingerprint density at radius 2 is 2.00 bits per heavy atom. The Hall–Kier alpha value is -0.820. The van der Waals surface area contributed by atoms with Crippen LogP contribution in [0.4, 0.5) is 0 Å². The minimum atomic E-state index is -2.66. The number of rotatable bonds is 1. The van der Waals surface area contributed by atoms with Crippen molar-refractivity contribution in [3.05, 3.63) is 9.81 Å². The molecule has 0 aromatic rings. The van der Waals surface area contributed by atoms with E-state index >= 15 is 0 Å². The van der Waals surface area contributed by atoms with E-state index in [1.807, 2.05) is 0 Å². The van der Waals surface area contributed by atoms with E-state index in [1.54, 1.807) is 0 Å². The quantitative estimate of drug-likeness (QED) is 0.345. The maximum Gasteiger partial charge on any atom is 0.126 e. The molecule has 0 aromatic carbocycles. The van der Waals surface area contributed by atoms with Crippen molar-refractivity contribution in [1.29, 1.82) is 10.5 Å². The van der Waals surface area contributed by atoms with E-state index in [1.165, 1.54) is 12.1 Å². The molecule has 0 bridgehead atoms. The largest absolute Gasteiger partial charge is 0.768 e. The van der Waals surface area contributed by atoms with Crippen LogP contribution in [0.1, 0.15) is 0 Å². The first-order valence-electron chi connectivity index (χ1n) is 1.96. The number of hydrogen-bond acceptors (Lipinski definition) is 5. The number of allylic oxidation sites excluding steroid dienone is 2. The van der Waals surface area contributed by atoms with Gasteiger partial charge in [0, 0.05) is 0 Å². The van der Waals surface area contributed by atoms with E-state index in [9.17, 15) is 8.76 Å². The molecule has 52 valence electrons. The van der Waals surface area contributed by atoms with Gasteiger partial charge in [0.15, 0.2) is 0 Å². The van der Waals surface area contributed by atoms with Crippen LogP contribution in [0.2, 0.25) is 0 Å². The van der Waals surface area contributed by atoms with Crippen molar-refractivity contribution in [3.8, 4) is 12.1 Å². The first-order valence-corrected chi connectivity index (χ1v) is 3.48. The summed E-state index contributed by atoms with van der Waals surface area (Å²) >= 11 is 0.784. The minimum absolute atomic E-state index is 0.393. The van der Waals surface area contributed by atoms with Gasteiger partial charge < -0.3 is 4.55 Å². The van der Waals surface area contributed by atoms with Crippen LogP contribution in [-0.4, -0.2) is 8.76 Å². The summed E-state index contributed by atoms with van der Waals surface area (Å²) in [6.45, 7) is 0. The summed E-state index contributed by atoms with van der Waals surface area (Å²) in [6, 6.07) is 2.75. The molecule has 0 spiro atoms. The Bertz CT molecular complexity index is 270. The summed E-state index contributed by atoms with van der Waals surface area (Å²) in [5.41, 5.74) is 0. The average Bonchev–Trinajstić information content (AvgIpc) is 1.88. The molecule has 0 saturated carbocycles. The van der Waals surface area contributed by atoms with Crippen molar-refractivity contribution in [1.82, 2.24) is 0 Å². The molecule has 0 saturated heterocycles. The lowest BCUT2D eigenvalue weighted by Crippen LogP contribution is -1.91. The van der Waals surface area contributed by atoms with Crippen molar-refractivity contribution in [2.45, 2.75) is 0 Å². The van der Waals surface area contributed by atoms with Crippen LogP contribution >= 0.6 is 12.6 Å². The lowest BCUT2D eigenvalue weighted by atomic mass is 10.5. The smallest absolute Gasteiger partial charge is 0.126 e. The van der Waals surface area contributed by atoms with Crippen molar-refractivity contribution >= 4 is 23.7 Å². The number of nitrogens with zero attached hydrogens (tertiary/aromatic N) is 2. The van der Waals surface area contributed by atoms with Crippen LogP contribution in [-0.2, 0) is 11.1 Å². The third-order valence-electron chi connectivity index (χ3n) is 0.589. The summed E-state index contributed by atoms with van der Waals surface area (Å²) in [7, 11) is 0. The zero-order chi connectivity index (χ0) is 8.15. The van der Waals surface area contributed by atoms with E-state index in [0.717, 1.165) is 0 Å². The highest BCUT2D eigenvalue weighted by molar-refractivity contribution is 7.88. The van der Waals surface area contributed by atoms with Gasteiger partial charge in [0.25, 0.3) is 0 Å². The Balaban J connectivity index is 4.92. The number of nitriles is 2. The molecule has 0 rings (SSSR count). The summed E-state index contributed by atoms with van der Waals surface area (Å²) < 4.78 is 20.1. The van der Waals surface area contributed by atoms with Crippen LogP contribution in [0.3, 0.4) is 0 Å². The van der Waals surface area contributed by atoms with Gasteiger partial charge >= 0.3 is 0 Å². The summed E-state index contributed by atoms with van der Waals surface area (Å²) in [6.07, 6.45) is 0. The zero-order valence-corrected chi connectivity index (χ0v) is 6.28. The summed E-state index contributed by atoms with van der Waals surface area (Å²) in [4.78, 5) is -1.03. The molecule has 1 unspecified atom stereocenters. The molecular weight excluding hydrogens is 172 g/mol. The normalized spacial score (nSPS) is 14.4. The third-order valence-corrected chi connectivity index (χ3v) is 1.69. The fourth-order valence-corrected chi connectivity index (χ4v) is 0.772. The number of hydrogen-bond donors (Lipinski definition) is 1. The third kappa shape index (κ3) is 2.19. The standard InChI is InChI=1S/C4H2N2O2S2/c5-1-3(9)4(2-6)10(7)8/h9H,(H,7,8)/p-1/b4-3+. The van der Waals surface area contributed by atoms with Crippen molar-refractivity contribution in [2.75, 3.05) is 0 Å². The van der Waals surface area contributed by atoms with Gasteiger partial charge in [-0.05, 0) is 11.1 Å². The van der Waals surface area contributed by atoms with Crippen LogP contribution in [0.5, 0.6) is 0 Å². The second-order valence-electron chi connectivity index (χ2n) is 1.14. The van der Waals surface area contributed by atoms with Gasteiger partial charge in [-0.15, -0.1) is 12.6 Å². The Labute approximate surface area is 65.5 Å². The lowest BCUT2D eigenvalue weighted by molar-refractivity contribution is 0.545. The molecule has 0 aliphatic heterocycles. The topological polar surface area (TPSA) is 87.7 Å². The minimum Gasteiger partial charge on any atom is -0.768 e. The first-order chi connectivity index (χ1) is 4.63. The van der Waals surface area contributed by atoms with E-state index < -0.39 is 20.9 Å². The molecule has 0 N–H and O–H groups in total. The Morgan fingerprint density at radius 1 is 1.50 bits per heavy atom. The summed E-state index contributed by atoms with van der Waals surface area (Å²) in [5.74, 6) is 0. The van der Waals surface area contributed by atoms with Crippen molar-refractivity contribution < 1.29 is 8.76 Å². The average molecular weight is 173 g/mol. The van der Waals surface area contributed by atoms with E-state index in [2.05, 4.69) is 12.6 Å². The van der Waals surface area contributed by atoms with Gasteiger partial charge in [0.1, 0.15) is 21.9 Å². The molecule has 0 aromatic heterocycles. The van der Waals surface area contributed by atoms with Gasteiger partial charge in [-0.2, -0.15) is 10.5 Å². The van der Waals surface area contributed by atoms with Gasteiger partial charge in [-0.1, -0.05) is 0 Å². The van der Waals surface area contributed by atoms with Crippen molar-refractivity contribution in [2.24, 2.45) is 0 Å². The predicted octanol–water partition coefficient (Wildman–Crippen LogP) is 0.0541. The molecular formula is C4HN2O2S2-. The molecule has 0 heterocycles.